The molecule has 0 aromatic carbocycles. The molecule has 14 heavy (non-hydrogen) atoms. The Morgan fingerprint density at radius 3 is 2.79 bits per heavy atom. The lowest BCUT2D eigenvalue weighted by Gasteiger charge is -1.96. The third kappa shape index (κ3) is 2.25. The van der Waals surface area contributed by atoms with E-state index in [0.717, 1.165) is 11.4 Å². The van der Waals surface area contributed by atoms with E-state index in [-0.39, 0.29) is 12.4 Å². The number of hydrogen-bond donors (Lipinski definition) is 0. The highest BCUT2D eigenvalue weighted by Gasteiger charge is 1.98. The second-order valence-corrected chi connectivity index (χ2v) is 2.88. The number of rotatable bonds is 2. The Morgan fingerprint density at radius 2 is 2.21 bits per heavy atom. The molecule has 0 spiro atoms. The predicted molar refractivity (Wildman–Crippen MR) is 58.2 cm³/mol. The monoisotopic (exact) mass is 229 g/mol. The summed E-state index contributed by atoms with van der Waals surface area (Å²) in [7, 11) is 0. The molecule has 0 aliphatic rings. The van der Waals surface area contributed by atoms with Gasteiger partial charge in [0.05, 0.1) is 12.1 Å². The molecule has 0 saturated heterocycles. The average molecular weight is 230 g/mol. The highest BCUT2D eigenvalue weighted by atomic mass is 35.5. The van der Waals surface area contributed by atoms with Gasteiger partial charge in [0.1, 0.15) is 0 Å². The molecule has 2 aromatic rings. The number of aromatic nitrogens is 3. The maximum Gasteiger partial charge on any atom is 0.153 e. The molecule has 0 radical (unpaired) electrons. The highest BCUT2D eigenvalue weighted by Crippen LogP contribution is 2.06. The van der Waals surface area contributed by atoms with Gasteiger partial charge in [0.15, 0.2) is 5.82 Å². The van der Waals surface area contributed by atoms with Gasteiger partial charge in [-0.1, -0.05) is 6.07 Å². The summed E-state index contributed by atoms with van der Waals surface area (Å²) in [4.78, 5) is 4.15. The van der Waals surface area contributed by atoms with E-state index in [1.807, 2.05) is 24.4 Å². The van der Waals surface area contributed by atoms with Crippen molar-refractivity contribution >= 4 is 24.0 Å². The van der Waals surface area contributed by atoms with Crippen molar-refractivity contribution < 1.29 is 0 Å². The van der Waals surface area contributed by atoms with Crippen molar-refractivity contribution in [2.45, 2.75) is 5.88 Å². The zero-order valence-corrected chi connectivity index (χ0v) is 8.87. The number of hydrogen-bond acceptors (Lipinski definition) is 2. The fourth-order valence-electron chi connectivity index (χ4n) is 1.04. The lowest BCUT2D eigenvalue weighted by molar-refractivity contribution is 0.846. The van der Waals surface area contributed by atoms with Crippen molar-refractivity contribution in [3.05, 3.63) is 42.4 Å². The van der Waals surface area contributed by atoms with Crippen LogP contribution in [0.2, 0.25) is 0 Å². The molecule has 2 heterocycles. The van der Waals surface area contributed by atoms with Crippen molar-refractivity contribution in [2.24, 2.45) is 0 Å². The Hall–Kier alpha value is -1.06. The lowest BCUT2D eigenvalue weighted by atomic mass is 10.4. The van der Waals surface area contributed by atoms with Gasteiger partial charge in [-0.15, -0.1) is 24.0 Å². The third-order valence-electron chi connectivity index (χ3n) is 1.67. The summed E-state index contributed by atoms with van der Waals surface area (Å²) in [6.45, 7) is 0. The van der Waals surface area contributed by atoms with Gasteiger partial charge in [0, 0.05) is 18.0 Å². The second kappa shape index (κ2) is 4.98. The molecular formula is C9H9Cl2N3. The summed E-state index contributed by atoms with van der Waals surface area (Å²) in [6.07, 6.45) is 5.34. The average Bonchev–Trinajstić information content (AvgIpc) is 2.67. The molecule has 74 valence electrons. The molecule has 0 amide bonds. The third-order valence-corrected chi connectivity index (χ3v) is 1.98. The van der Waals surface area contributed by atoms with E-state index in [1.165, 1.54) is 0 Å². The molecule has 0 fully saturated rings. The molecular weight excluding hydrogens is 221 g/mol. The minimum Gasteiger partial charge on any atom is -0.237 e. The number of nitrogens with zero attached hydrogens (tertiary/aromatic N) is 3. The van der Waals surface area contributed by atoms with Gasteiger partial charge in [-0.05, 0) is 12.1 Å². The molecule has 0 N–H and O–H groups in total. The molecule has 2 rings (SSSR count). The first-order valence-electron chi connectivity index (χ1n) is 3.91. The normalized spacial score (nSPS) is 9.50. The van der Waals surface area contributed by atoms with Crippen LogP contribution in [0.3, 0.4) is 0 Å². The first-order valence-corrected chi connectivity index (χ1v) is 4.44. The van der Waals surface area contributed by atoms with E-state index in [0.29, 0.717) is 5.88 Å². The van der Waals surface area contributed by atoms with Crippen LogP contribution < -0.4 is 0 Å². The van der Waals surface area contributed by atoms with Gasteiger partial charge in [0.2, 0.25) is 0 Å². The van der Waals surface area contributed by atoms with Crippen molar-refractivity contribution in [1.29, 1.82) is 0 Å². The quantitative estimate of drug-likeness (QED) is 0.741. The second-order valence-electron chi connectivity index (χ2n) is 2.61. The van der Waals surface area contributed by atoms with E-state index in [4.69, 9.17) is 11.6 Å². The molecule has 2 aromatic heterocycles. The number of pyridine rings is 1. The van der Waals surface area contributed by atoms with E-state index in [2.05, 4.69) is 10.1 Å². The molecule has 0 saturated carbocycles. The number of alkyl halides is 1. The van der Waals surface area contributed by atoms with Crippen LogP contribution in [-0.4, -0.2) is 14.8 Å². The van der Waals surface area contributed by atoms with E-state index in [1.54, 1.807) is 17.1 Å². The molecule has 5 heteroatoms. The molecule has 3 nitrogen and oxygen atoms in total. The van der Waals surface area contributed by atoms with Crippen LogP contribution in [-0.2, 0) is 5.88 Å². The molecule has 0 atom stereocenters. The van der Waals surface area contributed by atoms with Crippen LogP contribution in [0.15, 0.2) is 36.8 Å². The minimum absolute atomic E-state index is 0. The van der Waals surface area contributed by atoms with Crippen LogP contribution >= 0.6 is 24.0 Å². The number of halogens is 2. The van der Waals surface area contributed by atoms with E-state index >= 15 is 0 Å². The SMILES string of the molecule is Cl.ClCc1cnn(-c2ccccn2)c1. The Morgan fingerprint density at radius 1 is 1.36 bits per heavy atom. The van der Waals surface area contributed by atoms with Crippen molar-refractivity contribution in [3.8, 4) is 5.82 Å². The lowest BCUT2D eigenvalue weighted by Crippen LogP contribution is -1.95. The Balaban J connectivity index is 0.000000980. The van der Waals surface area contributed by atoms with Gasteiger partial charge >= 0.3 is 0 Å². The summed E-state index contributed by atoms with van der Waals surface area (Å²) in [5.74, 6) is 1.28. The fraction of sp³-hybridized carbons (Fsp3) is 0.111. The van der Waals surface area contributed by atoms with Crippen molar-refractivity contribution in [2.75, 3.05) is 0 Å². The first kappa shape index (κ1) is 11.0. The Labute approximate surface area is 93.1 Å². The fourth-order valence-corrected chi connectivity index (χ4v) is 1.18. The summed E-state index contributed by atoms with van der Waals surface area (Å²) in [5, 5.41) is 4.13. The van der Waals surface area contributed by atoms with Crippen molar-refractivity contribution in [3.63, 3.8) is 0 Å². The zero-order valence-electron chi connectivity index (χ0n) is 7.30. The van der Waals surface area contributed by atoms with E-state index < -0.39 is 0 Å². The summed E-state index contributed by atoms with van der Waals surface area (Å²) in [5.41, 5.74) is 0.993. The van der Waals surface area contributed by atoms with Crippen LogP contribution in [0.4, 0.5) is 0 Å². The van der Waals surface area contributed by atoms with Gasteiger partial charge in [0.25, 0.3) is 0 Å². The van der Waals surface area contributed by atoms with Gasteiger partial charge in [-0.2, -0.15) is 5.10 Å². The van der Waals surface area contributed by atoms with Gasteiger partial charge < -0.3 is 0 Å². The van der Waals surface area contributed by atoms with Crippen LogP contribution in [0, 0.1) is 0 Å². The summed E-state index contributed by atoms with van der Waals surface area (Å²) in [6, 6.07) is 5.69. The summed E-state index contributed by atoms with van der Waals surface area (Å²) >= 11 is 5.65. The topological polar surface area (TPSA) is 30.7 Å². The van der Waals surface area contributed by atoms with Crippen LogP contribution in [0.1, 0.15) is 5.56 Å². The molecule has 0 aliphatic heterocycles. The molecule has 0 bridgehead atoms. The Bertz CT molecular complexity index is 386. The van der Waals surface area contributed by atoms with Gasteiger partial charge in [-0.3, -0.25) is 0 Å². The maximum atomic E-state index is 5.65. The maximum absolute atomic E-state index is 5.65. The summed E-state index contributed by atoms with van der Waals surface area (Å²) < 4.78 is 1.71. The minimum atomic E-state index is 0. The van der Waals surface area contributed by atoms with Crippen molar-refractivity contribution in [1.82, 2.24) is 14.8 Å². The van der Waals surface area contributed by atoms with Gasteiger partial charge in [-0.25, -0.2) is 9.67 Å². The molecule has 0 aliphatic carbocycles. The Kier molecular flexibility index (Phi) is 3.92. The standard InChI is InChI=1S/C9H8ClN3.ClH/c10-5-8-6-12-13(7-8)9-3-1-2-4-11-9;/h1-4,6-7H,5H2;1H. The largest absolute Gasteiger partial charge is 0.237 e. The van der Waals surface area contributed by atoms with E-state index in [9.17, 15) is 0 Å². The first-order chi connectivity index (χ1) is 6.40. The van der Waals surface area contributed by atoms with Crippen LogP contribution in [0.25, 0.3) is 5.82 Å². The zero-order chi connectivity index (χ0) is 9.10. The highest BCUT2D eigenvalue weighted by molar-refractivity contribution is 6.17. The van der Waals surface area contributed by atoms with Crippen LogP contribution in [0.5, 0.6) is 0 Å². The predicted octanol–water partition coefficient (Wildman–Crippen LogP) is 2.43. The smallest absolute Gasteiger partial charge is 0.153 e. The molecule has 0 unspecified atom stereocenters.